The molecule has 0 spiro atoms. The highest BCUT2D eigenvalue weighted by Crippen LogP contribution is 2.13. The molecule has 0 atom stereocenters. The molecule has 0 fully saturated rings. The van der Waals surface area contributed by atoms with Crippen molar-refractivity contribution in [2.75, 3.05) is 0 Å². The maximum atomic E-state index is 10.4. The summed E-state index contributed by atoms with van der Waals surface area (Å²) in [5, 5.41) is 0. The third kappa shape index (κ3) is 1.31. The summed E-state index contributed by atoms with van der Waals surface area (Å²) in [6.07, 6.45) is 3.31. The molecule has 72 valence electrons. The first kappa shape index (κ1) is 8.94. The van der Waals surface area contributed by atoms with Crippen LogP contribution < -0.4 is 0 Å². The monoisotopic (exact) mass is 188 g/mol. The quantitative estimate of drug-likeness (QED) is 0.672. The van der Waals surface area contributed by atoms with Gasteiger partial charge in [-0.05, 0) is 25.5 Å². The molecule has 2 heterocycles. The van der Waals surface area contributed by atoms with Crippen LogP contribution in [0, 0.1) is 13.8 Å². The zero-order chi connectivity index (χ0) is 10.1. The third-order valence-corrected chi connectivity index (χ3v) is 2.31. The molecule has 2 aromatic heterocycles. The van der Waals surface area contributed by atoms with E-state index in [4.69, 9.17) is 0 Å². The van der Waals surface area contributed by atoms with Gasteiger partial charge in [0, 0.05) is 12.6 Å². The number of hydrogen-bond acceptors (Lipinski definition) is 2. The van der Waals surface area contributed by atoms with Crippen molar-refractivity contribution in [2.24, 2.45) is 0 Å². The van der Waals surface area contributed by atoms with Gasteiger partial charge in [0.05, 0.1) is 11.2 Å². The lowest BCUT2D eigenvalue weighted by Crippen LogP contribution is -1.89. The average Bonchev–Trinajstić information content (AvgIpc) is 2.44. The van der Waals surface area contributed by atoms with Gasteiger partial charge < -0.3 is 9.20 Å². The number of fused-ring (bicyclic) bond motifs is 1. The van der Waals surface area contributed by atoms with Gasteiger partial charge in [-0.15, -0.1) is 0 Å². The molecule has 0 bridgehead atoms. The molecule has 0 aromatic carbocycles. The van der Waals surface area contributed by atoms with E-state index in [1.54, 1.807) is 0 Å². The standard InChI is InChI=1S/C11H12N2O/c1-8-3-4-11-10(5-6-14)12-9(2)13(11)7-8/h3-4,6-7H,5H2,1-2H3. The number of aromatic nitrogens is 2. The maximum Gasteiger partial charge on any atom is 0.126 e. The summed E-state index contributed by atoms with van der Waals surface area (Å²) in [6, 6.07) is 4.04. The van der Waals surface area contributed by atoms with E-state index < -0.39 is 0 Å². The van der Waals surface area contributed by atoms with Crippen LogP contribution in [0.1, 0.15) is 17.1 Å². The van der Waals surface area contributed by atoms with E-state index in [1.165, 1.54) is 5.56 Å². The Labute approximate surface area is 82.4 Å². The number of nitrogens with zero attached hydrogens (tertiary/aromatic N) is 2. The van der Waals surface area contributed by atoms with E-state index in [-0.39, 0.29) is 0 Å². The van der Waals surface area contributed by atoms with Crippen molar-refractivity contribution in [3.63, 3.8) is 0 Å². The van der Waals surface area contributed by atoms with E-state index >= 15 is 0 Å². The highest BCUT2D eigenvalue weighted by Gasteiger charge is 2.06. The van der Waals surface area contributed by atoms with E-state index in [0.29, 0.717) is 6.42 Å². The minimum absolute atomic E-state index is 0.389. The molecule has 0 N–H and O–H groups in total. The topological polar surface area (TPSA) is 34.4 Å². The van der Waals surface area contributed by atoms with Gasteiger partial charge in [0.1, 0.15) is 12.1 Å². The first-order chi connectivity index (χ1) is 6.72. The minimum Gasteiger partial charge on any atom is -0.303 e. The summed E-state index contributed by atoms with van der Waals surface area (Å²) in [7, 11) is 0. The second kappa shape index (κ2) is 3.25. The average molecular weight is 188 g/mol. The Kier molecular flexibility index (Phi) is 2.08. The van der Waals surface area contributed by atoms with E-state index in [0.717, 1.165) is 23.3 Å². The van der Waals surface area contributed by atoms with Crippen LogP contribution in [0.3, 0.4) is 0 Å². The first-order valence-electron chi connectivity index (χ1n) is 4.60. The van der Waals surface area contributed by atoms with Crippen LogP contribution in [0.15, 0.2) is 18.3 Å². The number of carbonyl (C=O) groups is 1. The molecular formula is C11H12N2O. The number of aldehydes is 1. The summed E-state index contributed by atoms with van der Waals surface area (Å²) in [5.41, 5.74) is 3.08. The van der Waals surface area contributed by atoms with Gasteiger partial charge in [-0.3, -0.25) is 0 Å². The molecule has 0 aliphatic rings. The second-order valence-corrected chi connectivity index (χ2v) is 3.44. The number of aryl methyl sites for hydroxylation is 2. The molecule has 0 aliphatic carbocycles. The Hall–Kier alpha value is -1.64. The first-order valence-corrected chi connectivity index (χ1v) is 4.60. The van der Waals surface area contributed by atoms with Gasteiger partial charge in [0.15, 0.2) is 0 Å². The van der Waals surface area contributed by atoms with Crippen molar-refractivity contribution in [1.82, 2.24) is 9.38 Å². The lowest BCUT2D eigenvalue weighted by molar-refractivity contribution is -0.107. The van der Waals surface area contributed by atoms with E-state index in [1.807, 2.05) is 36.6 Å². The molecule has 14 heavy (non-hydrogen) atoms. The summed E-state index contributed by atoms with van der Waals surface area (Å²) in [6.45, 7) is 3.99. The smallest absolute Gasteiger partial charge is 0.126 e. The fraction of sp³-hybridized carbons (Fsp3) is 0.273. The Balaban J connectivity index is 2.70. The molecule has 3 nitrogen and oxygen atoms in total. The predicted molar refractivity (Wildman–Crippen MR) is 54.4 cm³/mol. The van der Waals surface area contributed by atoms with Gasteiger partial charge in [-0.2, -0.15) is 0 Å². The maximum absolute atomic E-state index is 10.4. The summed E-state index contributed by atoms with van der Waals surface area (Å²) < 4.78 is 2.02. The lowest BCUT2D eigenvalue weighted by atomic mass is 10.2. The number of hydrogen-bond donors (Lipinski definition) is 0. The second-order valence-electron chi connectivity index (χ2n) is 3.44. The molecule has 0 aliphatic heterocycles. The summed E-state index contributed by atoms with van der Waals surface area (Å²) in [5.74, 6) is 0.931. The van der Waals surface area contributed by atoms with Crippen molar-refractivity contribution in [1.29, 1.82) is 0 Å². The van der Waals surface area contributed by atoms with Gasteiger partial charge in [0.2, 0.25) is 0 Å². The molecule has 0 saturated carbocycles. The van der Waals surface area contributed by atoms with E-state index in [2.05, 4.69) is 4.98 Å². The van der Waals surface area contributed by atoms with Crippen molar-refractivity contribution in [2.45, 2.75) is 20.3 Å². The SMILES string of the molecule is Cc1ccc2c(CC=O)nc(C)n2c1. The van der Waals surface area contributed by atoms with E-state index in [9.17, 15) is 4.79 Å². The molecule has 0 radical (unpaired) electrons. The third-order valence-electron chi connectivity index (χ3n) is 2.31. The molecule has 0 saturated heterocycles. The Morgan fingerprint density at radius 2 is 2.21 bits per heavy atom. The van der Waals surface area contributed by atoms with Crippen LogP contribution in [0.4, 0.5) is 0 Å². The van der Waals surface area contributed by atoms with Crippen molar-refractivity contribution >= 4 is 11.8 Å². The van der Waals surface area contributed by atoms with Gasteiger partial charge in [-0.1, -0.05) is 6.07 Å². The molecular weight excluding hydrogens is 176 g/mol. The van der Waals surface area contributed by atoms with Crippen LogP contribution in [0.5, 0.6) is 0 Å². The molecule has 2 aromatic rings. The van der Waals surface area contributed by atoms with Crippen molar-refractivity contribution < 1.29 is 4.79 Å². The molecule has 3 heteroatoms. The Morgan fingerprint density at radius 3 is 2.93 bits per heavy atom. The summed E-state index contributed by atoms with van der Waals surface area (Å²) in [4.78, 5) is 14.8. The summed E-state index contributed by atoms with van der Waals surface area (Å²) >= 11 is 0. The lowest BCUT2D eigenvalue weighted by Gasteiger charge is -1.98. The van der Waals surface area contributed by atoms with Gasteiger partial charge in [-0.25, -0.2) is 4.98 Å². The molecule has 0 unspecified atom stereocenters. The number of carbonyl (C=O) groups excluding carboxylic acids is 1. The van der Waals surface area contributed by atoms with Crippen molar-refractivity contribution in [3.8, 4) is 0 Å². The van der Waals surface area contributed by atoms with Crippen LogP contribution in [0.2, 0.25) is 0 Å². The molecule has 0 amide bonds. The van der Waals surface area contributed by atoms with Crippen molar-refractivity contribution in [3.05, 3.63) is 35.4 Å². The minimum atomic E-state index is 0.389. The van der Waals surface area contributed by atoms with Crippen LogP contribution >= 0.6 is 0 Å². The van der Waals surface area contributed by atoms with Crippen LogP contribution in [-0.4, -0.2) is 15.7 Å². The predicted octanol–water partition coefficient (Wildman–Crippen LogP) is 1.69. The largest absolute Gasteiger partial charge is 0.303 e. The zero-order valence-electron chi connectivity index (χ0n) is 8.32. The van der Waals surface area contributed by atoms with Crippen LogP contribution in [-0.2, 0) is 11.2 Å². The normalized spacial score (nSPS) is 10.7. The van der Waals surface area contributed by atoms with Gasteiger partial charge in [0.25, 0.3) is 0 Å². The van der Waals surface area contributed by atoms with Crippen LogP contribution in [0.25, 0.3) is 5.52 Å². The fourth-order valence-corrected chi connectivity index (χ4v) is 1.65. The Bertz CT molecular complexity index is 485. The number of imidazole rings is 1. The highest BCUT2D eigenvalue weighted by molar-refractivity contribution is 5.63. The number of pyridine rings is 1. The number of rotatable bonds is 2. The highest BCUT2D eigenvalue weighted by atomic mass is 16.1. The fourth-order valence-electron chi connectivity index (χ4n) is 1.65. The van der Waals surface area contributed by atoms with Gasteiger partial charge >= 0.3 is 0 Å². The molecule has 2 rings (SSSR count). The zero-order valence-corrected chi connectivity index (χ0v) is 8.32. The Morgan fingerprint density at radius 1 is 1.43 bits per heavy atom.